The monoisotopic (exact) mass is 272 g/mol. The molecule has 0 aromatic heterocycles. The molecule has 1 saturated heterocycles. The summed E-state index contributed by atoms with van der Waals surface area (Å²) >= 11 is 0. The van der Waals surface area contributed by atoms with Gasteiger partial charge in [0.25, 0.3) is 0 Å². The Morgan fingerprint density at radius 1 is 1.40 bits per heavy atom. The number of nitrogens with one attached hydrogen (secondary N) is 2. The minimum Gasteiger partial charge on any atom is -0.465 e. The van der Waals surface area contributed by atoms with Gasteiger partial charge in [0, 0.05) is 12.5 Å². The molecule has 1 aromatic carbocycles. The fourth-order valence-corrected chi connectivity index (χ4v) is 2.34. The Kier molecular flexibility index (Phi) is 4.93. The van der Waals surface area contributed by atoms with Gasteiger partial charge in [0.2, 0.25) is 0 Å². The Morgan fingerprint density at radius 2 is 2.20 bits per heavy atom. The van der Waals surface area contributed by atoms with Crippen LogP contribution in [0.4, 0.5) is 0 Å². The first-order valence-corrected chi connectivity index (χ1v) is 6.90. The van der Waals surface area contributed by atoms with Gasteiger partial charge in [-0.2, -0.15) is 0 Å². The molecule has 4 nitrogen and oxygen atoms in total. The maximum Gasteiger partial charge on any atom is 0.338 e. The van der Waals surface area contributed by atoms with Gasteiger partial charge < -0.3 is 10.1 Å². The van der Waals surface area contributed by atoms with Gasteiger partial charge in [0.05, 0.1) is 18.5 Å². The van der Waals surface area contributed by atoms with E-state index < -0.39 is 0 Å². The SMILES string of the molecule is COC(=O)c1ccccc1C=CC1CCCCC(=N)N1. The maximum atomic E-state index is 11.7. The Bertz CT molecular complexity index is 523. The molecule has 0 spiro atoms. The van der Waals surface area contributed by atoms with Crippen LogP contribution in [0.25, 0.3) is 6.08 Å². The summed E-state index contributed by atoms with van der Waals surface area (Å²) in [6.07, 6.45) is 7.98. The van der Waals surface area contributed by atoms with Crippen molar-refractivity contribution in [3.05, 3.63) is 41.5 Å². The summed E-state index contributed by atoms with van der Waals surface area (Å²) in [5.41, 5.74) is 1.41. The predicted molar refractivity (Wildman–Crippen MR) is 79.9 cm³/mol. The van der Waals surface area contributed by atoms with E-state index in [0.29, 0.717) is 11.4 Å². The summed E-state index contributed by atoms with van der Waals surface area (Å²) < 4.78 is 4.78. The topological polar surface area (TPSA) is 62.2 Å². The van der Waals surface area contributed by atoms with E-state index in [-0.39, 0.29) is 12.0 Å². The first-order chi connectivity index (χ1) is 9.70. The molecule has 1 aliphatic rings. The molecule has 1 unspecified atom stereocenters. The summed E-state index contributed by atoms with van der Waals surface area (Å²) in [5.74, 6) is 0.269. The fourth-order valence-electron chi connectivity index (χ4n) is 2.34. The second-order valence-corrected chi connectivity index (χ2v) is 4.91. The molecule has 2 rings (SSSR count). The first kappa shape index (κ1) is 14.3. The third kappa shape index (κ3) is 3.70. The average Bonchev–Trinajstić information content (AvgIpc) is 2.69. The van der Waals surface area contributed by atoms with Gasteiger partial charge in [-0.1, -0.05) is 36.8 Å². The van der Waals surface area contributed by atoms with Crippen molar-refractivity contribution in [3.8, 4) is 0 Å². The van der Waals surface area contributed by atoms with Gasteiger partial charge in [-0.25, -0.2) is 4.79 Å². The lowest BCUT2D eigenvalue weighted by atomic mass is 10.0. The van der Waals surface area contributed by atoms with Crippen LogP contribution < -0.4 is 5.32 Å². The Hall–Kier alpha value is -2.10. The molecular weight excluding hydrogens is 252 g/mol. The molecule has 1 aliphatic heterocycles. The van der Waals surface area contributed by atoms with E-state index in [4.69, 9.17) is 10.1 Å². The molecule has 106 valence electrons. The summed E-state index contributed by atoms with van der Waals surface area (Å²) in [4.78, 5) is 11.7. The van der Waals surface area contributed by atoms with E-state index in [1.807, 2.05) is 30.4 Å². The number of hydrogen-bond acceptors (Lipinski definition) is 3. The average molecular weight is 272 g/mol. The second kappa shape index (κ2) is 6.89. The second-order valence-electron chi connectivity index (χ2n) is 4.91. The normalized spacial score (nSPS) is 19.4. The number of carbonyl (C=O) groups excluding carboxylic acids is 1. The highest BCUT2D eigenvalue weighted by Gasteiger charge is 2.12. The summed E-state index contributed by atoms with van der Waals surface area (Å²) in [6.45, 7) is 0. The van der Waals surface area contributed by atoms with E-state index in [1.165, 1.54) is 7.11 Å². The molecule has 4 heteroatoms. The van der Waals surface area contributed by atoms with E-state index in [9.17, 15) is 4.79 Å². The van der Waals surface area contributed by atoms with Gasteiger partial charge in [-0.05, 0) is 24.5 Å². The van der Waals surface area contributed by atoms with Crippen molar-refractivity contribution in [2.75, 3.05) is 7.11 Å². The third-order valence-electron chi connectivity index (χ3n) is 3.43. The van der Waals surface area contributed by atoms with Crippen molar-refractivity contribution < 1.29 is 9.53 Å². The number of rotatable bonds is 3. The fraction of sp³-hybridized carbons (Fsp3) is 0.375. The largest absolute Gasteiger partial charge is 0.465 e. The van der Waals surface area contributed by atoms with Crippen molar-refractivity contribution in [1.29, 1.82) is 5.41 Å². The molecule has 1 fully saturated rings. The molecule has 1 atom stereocenters. The molecule has 1 aromatic rings. The van der Waals surface area contributed by atoms with E-state index in [0.717, 1.165) is 31.2 Å². The van der Waals surface area contributed by atoms with Gasteiger partial charge in [0.15, 0.2) is 0 Å². The number of hydrogen-bond donors (Lipinski definition) is 2. The smallest absolute Gasteiger partial charge is 0.338 e. The highest BCUT2D eigenvalue weighted by molar-refractivity contribution is 5.93. The summed E-state index contributed by atoms with van der Waals surface area (Å²) in [5, 5.41) is 11.0. The van der Waals surface area contributed by atoms with Crippen molar-refractivity contribution in [2.45, 2.75) is 31.7 Å². The van der Waals surface area contributed by atoms with Crippen LogP contribution in [0.1, 0.15) is 41.6 Å². The van der Waals surface area contributed by atoms with E-state index >= 15 is 0 Å². The molecule has 0 radical (unpaired) electrons. The van der Waals surface area contributed by atoms with Crippen molar-refractivity contribution in [2.24, 2.45) is 0 Å². The van der Waals surface area contributed by atoms with Crippen molar-refractivity contribution >= 4 is 17.9 Å². The lowest BCUT2D eigenvalue weighted by Crippen LogP contribution is -2.30. The molecular formula is C16H20N2O2. The quantitative estimate of drug-likeness (QED) is 0.831. The molecule has 1 heterocycles. The van der Waals surface area contributed by atoms with Gasteiger partial charge in [-0.15, -0.1) is 0 Å². The molecule has 0 aliphatic carbocycles. The molecule has 0 saturated carbocycles. The lowest BCUT2D eigenvalue weighted by molar-refractivity contribution is 0.0600. The van der Waals surface area contributed by atoms with Crippen LogP contribution in [0, 0.1) is 5.41 Å². The molecule has 0 amide bonds. The minimum atomic E-state index is -0.327. The first-order valence-electron chi connectivity index (χ1n) is 6.90. The highest BCUT2D eigenvalue weighted by Crippen LogP contribution is 2.15. The Balaban J connectivity index is 2.14. The number of ether oxygens (including phenoxy) is 1. The zero-order valence-electron chi connectivity index (χ0n) is 11.7. The van der Waals surface area contributed by atoms with E-state index in [2.05, 4.69) is 5.32 Å². The molecule has 2 N–H and O–H groups in total. The Labute approximate surface area is 119 Å². The van der Waals surface area contributed by atoms with Crippen molar-refractivity contribution in [1.82, 2.24) is 5.32 Å². The number of benzene rings is 1. The van der Waals surface area contributed by atoms with Crippen LogP contribution in [-0.2, 0) is 4.74 Å². The van der Waals surface area contributed by atoms with Crippen LogP contribution in [0.5, 0.6) is 0 Å². The summed E-state index contributed by atoms with van der Waals surface area (Å²) in [7, 11) is 1.39. The van der Waals surface area contributed by atoms with Crippen LogP contribution in [-0.4, -0.2) is 25.0 Å². The number of esters is 1. The van der Waals surface area contributed by atoms with E-state index in [1.54, 1.807) is 6.07 Å². The predicted octanol–water partition coefficient (Wildman–Crippen LogP) is 3.00. The Morgan fingerprint density at radius 3 is 3.00 bits per heavy atom. The summed E-state index contributed by atoms with van der Waals surface area (Å²) in [6, 6.07) is 7.53. The maximum absolute atomic E-state index is 11.7. The van der Waals surface area contributed by atoms with Crippen LogP contribution in [0.2, 0.25) is 0 Å². The number of methoxy groups -OCH3 is 1. The molecule has 0 bridgehead atoms. The lowest BCUT2D eigenvalue weighted by Gasteiger charge is -2.12. The van der Waals surface area contributed by atoms with Gasteiger partial charge >= 0.3 is 5.97 Å². The van der Waals surface area contributed by atoms with Gasteiger partial charge in [-0.3, -0.25) is 5.41 Å². The van der Waals surface area contributed by atoms with Crippen molar-refractivity contribution in [3.63, 3.8) is 0 Å². The van der Waals surface area contributed by atoms with Crippen LogP contribution >= 0.6 is 0 Å². The third-order valence-corrected chi connectivity index (χ3v) is 3.43. The zero-order valence-corrected chi connectivity index (χ0v) is 11.7. The van der Waals surface area contributed by atoms with Crippen LogP contribution in [0.15, 0.2) is 30.3 Å². The van der Waals surface area contributed by atoms with Crippen LogP contribution in [0.3, 0.4) is 0 Å². The zero-order chi connectivity index (χ0) is 14.4. The highest BCUT2D eigenvalue weighted by atomic mass is 16.5. The van der Waals surface area contributed by atoms with Gasteiger partial charge in [0.1, 0.15) is 0 Å². The number of amidine groups is 1. The number of carbonyl (C=O) groups is 1. The standard InChI is InChI=1S/C16H20N2O2/c1-20-16(19)14-8-4-2-6-12(14)10-11-13-7-3-5-9-15(17)18-13/h2,4,6,8,10-11,13H,3,5,7,9H2,1H3,(H2,17,18). The minimum absolute atomic E-state index is 0.163. The molecule has 20 heavy (non-hydrogen) atoms.